The number of rotatable bonds is 6. The van der Waals surface area contributed by atoms with Gasteiger partial charge < -0.3 is 15.7 Å². The number of aryl methyl sites for hydroxylation is 1. The molecular formula is C28H31N3O4. The third-order valence-corrected chi connectivity index (χ3v) is 6.87. The number of hydrogen-bond acceptors (Lipinski definition) is 4. The maximum Gasteiger partial charge on any atom is 0.328 e. The fourth-order valence-corrected chi connectivity index (χ4v) is 4.63. The summed E-state index contributed by atoms with van der Waals surface area (Å²) in [5.41, 5.74) is 2.73. The molecule has 3 aromatic rings. The van der Waals surface area contributed by atoms with Crippen molar-refractivity contribution in [3.63, 3.8) is 0 Å². The lowest BCUT2D eigenvalue weighted by Gasteiger charge is -2.30. The summed E-state index contributed by atoms with van der Waals surface area (Å²) >= 11 is 0. The molecule has 7 nitrogen and oxygen atoms in total. The van der Waals surface area contributed by atoms with E-state index in [2.05, 4.69) is 15.6 Å². The number of anilines is 1. The Kier molecular flexibility index (Phi) is 6.87. The van der Waals surface area contributed by atoms with Crippen molar-refractivity contribution in [3.05, 3.63) is 71.4 Å². The molecule has 1 saturated carbocycles. The van der Waals surface area contributed by atoms with E-state index in [0.29, 0.717) is 17.2 Å². The Morgan fingerprint density at radius 3 is 2.29 bits per heavy atom. The zero-order chi connectivity index (χ0) is 25.2. The number of amides is 2. The molecule has 0 bridgehead atoms. The minimum Gasteiger partial charge on any atom is -0.480 e. The number of benzene rings is 2. The molecular weight excluding hydrogens is 442 g/mol. The molecule has 2 aromatic carbocycles. The number of nitrogens with zero attached hydrogens (tertiary/aromatic N) is 1. The fraction of sp³-hybridized carbons (Fsp3) is 0.357. The van der Waals surface area contributed by atoms with Crippen LogP contribution in [-0.2, 0) is 9.59 Å². The maximum absolute atomic E-state index is 12.9. The molecule has 1 aliphatic rings. The summed E-state index contributed by atoms with van der Waals surface area (Å²) in [4.78, 5) is 41.2. The van der Waals surface area contributed by atoms with Gasteiger partial charge in [0.15, 0.2) is 0 Å². The Hall–Kier alpha value is -3.74. The monoisotopic (exact) mass is 473 g/mol. The summed E-state index contributed by atoms with van der Waals surface area (Å²) in [5, 5.41) is 15.8. The second-order valence-electron chi connectivity index (χ2n) is 9.86. The van der Waals surface area contributed by atoms with Crippen molar-refractivity contribution in [2.75, 3.05) is 5.32 Å². The molecule has 0 radical (unpaired) electrons. The number of hydrogen-bond donors (Lipinski definition) is 3. The number of carboxylic acid groups (broad SMARTS) is 1. The number of pyridine rings is 1. The van der Waals surface area contributed by atoms with Crippen LogP contribution in [0.25, 0.3) is 10.9 Å². The third kappa shape index (κ3) is 5.50. The summed E-state index contributed by atoms with van der Waals surface area (Å²) in [7, 11) is 0. The SMILES string of the molecule is Cc1nc2ccccc2cc1C(=O)Nc1ccc([C@H]2CC[C@H](C(=O)NC(C)(C)C(=O)O)CC2)cc1. The van der Waals surface area contributed by atoms with Gasteiger partial charge in [0.1, 0.15) is 5.54 Å². The van der Waals surface area contributed by atoms with E-state index in [4.69, 9.17) is 0 Å². The predicted octanol–water partition coefficient (Wildman–Crippen LogP) is 5.05. The molecule has 3 N–H and O–H groups in total. The predicted molar refractivity (Wildman–Crippen MR) is 135 cm³/mol. The number of carboxylic acids is 1. The first kappa shape index (κ1) is 24.4. The topological polar surface area (TPSA) is 108 Å². The number of para-hydroxylation sites is 1. The normalized spacial score (nSPS) is 18.1. The van der Waals surface area contributed by atoms with Crippen molar-refractivity contribution in [1.29, 1.82) is 0 Å². The second kappa shape index (κ2) is 9.86. The summed E-state index contributed by atoms with van der Waals surface area (Å²) in [6, 6.07) is 17.5. The molecule has 0 saturated heterocycles. The molecule has 35 heavy (non-hydrogen) atoms. The lowest BCUT2D eigenvalue weighted by molar-refractivity contribution is -0.146. The van der Waals surface area contributed by atoms with Gasteiger partial charge in [-0.3, -0.25) is 14.6 Å². The maximum atomic E-state index is 12.9. The highest BCUT2D eigenvalue weighted by Gasteiger charge is 2.33. The largest absolute Gasteiger partial charge is 0.480 e. The highest BCUT2D eigenvalue weighted by molar-refractivity contribution is 6.06. The fourth-order valence-electron chi connectivity index (χ4n) is 4.63. The number of aromatic nitrogens is 1. The van der Waals surface area contributed by atoms with Crippen LogP contribution in [0, 0.1) is 12.8 Å². The minimum absolute atomic E-state index is 0.165. The Balaban J connectivity index is 1.35. The number of aliphatic carboxylic acids is 1. The molecule has 1 heterocycles. The number of fused-ring (bicyclic) bond motifs is 1. The quantitative estimate of drug-likeness (QED) is 0.464. The van der Waals surface area contributed by atoms with E-state index in [9.17, 15) is 19.5 Å². The van der Waals surface area contributed by atoms with Crippen molar-refractivity contribution >= 4 is 34.4 Å². The van der Waals surface area contributed by atoms with Crippen molar-refractivity contribution in [2.24, 2.45) is 5.92 Å². The van der Waals surface area contributed by atoms with Crippen LogP contribution in [0.3, 0.4) is 0 Å². The van der Waals surface area contributed by atoms with Gasteiger partial charge in [0.2, 0.25) is 5.91 Å². The average molecular weight is 474 g/mol. The van der Waals surface area contributed by atoms with Crippen molar-refractivity contribution < 1.29 is 19.5 Å². The number of carbonyl (C=O) groups excluding carboxylic acids is 2. The lowest BCUT2D eigenvalue weighted by atomic mass is 9.78. The Bertz CT molecular complexity index is 1260. The van der Waals surface area contributed by atoms with Gasteiger partial charge in [-0.1, -0.05) is 30.3 Å². The van der Waals surface area contributed by atoms with Crippen LogP contribution < -0.4 is 10.6 Å². The van der Waals surface area contributed by atoms with Gasteiger partial charge >= 0.3 is 5.97 Å². The number of carbonyl (C=O) groups is 3. The van der Waals surface area contributed by atoms with E-state index in [1.54, 1.807) is 0 Å². The van der Waals surface area contributed by atoms with Gasteiger partial charge in [0, 0.05) is 17.0 Å². The van der Waals surface area contributed by atoms with E-state index in [0.717, 1.165) is 42.3 Å². The van der Waals surface area contributed by atoms with Gasteiger partial charge in [-0.2, -0.15) is 0 Å². The molecule has 0 atom stereocenters. The first-order chi connectivity index (χ1) is 16.6. The molecule has 182 valence electrons. The minimum atomic E-state index is -1.27. The van der Waals surface area contributed by atoms with Crippen molar-refractivity contribution in [1.82, 2.24) is 10.3 Å². The van der Waals surface area contributed by atoms with E-state index >= 15 is 0 Å². The van der Waals surface area contributed by atoms with Gasteiger partial charge in [-0.15, -0.1) is 0 Å². The highest BCUT2D eigenvalue weighted by atomic mass is 16.4. The molecule has 2 amide bonds. The van der Waals surface area contributed by atoms with Crippen LogP contribution in [0.4, 0.5) is 5.69 Å². The van der Waals surface area contributed by atoms with Gasteiger partial charge in [-0.05, 0) is 82.2 Å². The Labute approximate surface area is 205 Å². The first-order valence-electron chi connectivity index (χ1n) is 12.0. The van der Waals surface area contributed by atoms with Crippen LogP contribution in [0.5, 0.6) is 0 Å². The first-order valence-corrected chi connectivity index (χ1v) is 12.0. The summed E-state index contributed by atoms with van der Waals surface area (Å²) < 4.78 is 0. The molecule has 0 unspecified atom stereocenters. The van der Waals surface area contributed by atoms with Crippen LogP contribution in [0.15, 0.2) is 54.6 Å². The van der Waals surface area contributed by atoms with Crippen molar-refractivity contribution in [3.8, 4) is 0 Å². The average Bonchev–Trinajstić information content (AvgIpc) is 2.83. The summed E-state index contributed by atoms with van der Waals surface area (Å²) in [6.45, 7) is 4.83. The van der Waals surface area contributed by atoms with E-state index in [1.807, 2.05) is 61.5 Å². The van der Waals surface area contributed by atoms with Gasteiger partial charge in [0.25, 0.3) is 5.91 Å². The summed E-state index contributed by atoms with van der Waals surface area (Å²) in [5.74, 6) is -1.25. The van der Waals surface area contributed by atoms with Crippen LogP contribution in [-0.4, -0.2) is 33.4 Å². The van der Waals surface area contributed by atoms with Crippen LogP contribution in [0.1, 0.15) is 67.1 Å². The molecule has 7 heteroatoms. The Morgan fingerprint density at radius 1 is 0.971 bits per heavy atom. The lowest BCUT2D eigenvalue weighted by Crippen LogP contribution is -2.51. The zero-order valence-corrected chi connectivity index (χ0v) is 20.3. The van der Waals surface area contributed by atoms with Crippen LogP contribution >= 0.6 is 0 Å². The van der Waals surface area contributed by atoms with Crippen LogP contribution in [0.2, 0.25) is 0 Å². The third-order valence-electron chi connectivity index (χ3n) is 6.87. The molecule has 1 fully saturated rings. The van der Waals surface area contributed by atoms with E-state index < -0.39 is 11.5 Å². The molecule has 0 aliphatic heterocycles. The molecule has 4 rings (SSSR count). The number of nitrogens with one attached hydrogen (secondary N) is 2. The zero-order valence-electron chi connectivity index (χ0n) is 20.3. The molecule has 1 aliphatic carbocycles. The van der Waals surface area contributed by atoms with E-state index in [-0.39, 0.29) is 17.7 Å². The summed E-state index contributed by atoms with van der Waals surface area (Å²) in [6.07, 6.45) is 3.16. The molecule has 0 spiro atoms. The van der Waals surface area contributed by atoms with Crippen molar-refractivity contribution in [2.45, 2.75) is 57.9 Å². The van der Waals surface area contributed by atoms with Gasteiger partial charge in [0.05, 0.1) is 16.8 Å². The van der Waals surface area contributed by atoms with Gasteiger partial charge in [-0.25, -0.2) is 4.79 Å². The Morgan fingerprint density at radius 2 is 1.63 bits per heavy atom. The van der Waals surface area contributed by atoms with E-state index in [1.165, 1.54) is 19.4 Å². The highest BCUT2D eigenvalue weighted by Crippen LogP contribution is 2.36. The smallest absolute Gasteiger partial charge is 0.328 e. The second-order valence-corrected chi connectivity index (χ2v) is 9.86. The standard InChI is InChI=1S/C28H31N3O4/c1-17-23(16-21-6-4-5-7-24(21)29-17)26(33)30-22-14-12-19(13-15-22)18-8-10-20(11-9-18)25(32)31-28(2,3)27(34)35/h4-7,12-16,18,20H,8-11H2,1-3H3,(H,30,33)(H,31,32)(H,34,35)/t18-,20-. The molecule has 1 aromatic heterocycles.